The topological polar surface area (TPSA) is 45.8 Å². The largest absolute Gasteiger partial charge is 0.344 e. The van der Waals surface area contributed by atoms with Crippen molar-refractivity contribution in [1.82, 2.24) is 9.97 Å². The molecular formula is C9H14N2O. The lowest BCUT2D eigenvalue weighted by Gasteiger charge is -2.21. The van der Waals surface area contributed by atoms with Gasteiger partial charge in [0.05, 0.1) is 0 Å². The van der Waals surface area contributed by atoms with Crippen molar-refractivity contribution in [2.24, 2.45) is 0 Å². The summed E-state index contributed by atoms with van der Waals surface area (Å²) in [6, 6.07) is 0. The second kappa shape index (κ2) is 3.09. The van der Waals surface area contributed by atoms with Gasteiger partial charge in [0.25, 0.3) is 0 Å². The van der Waals surface area contributed by atoms with E-state index in [0.717, 1.165) is 12.0 Å². The molecule has 1 aromatic heterocycles. The van der Waals surface area contributed by atoms with E-state index in [1.165, 1.54) is 0 Å². The van der Waals surface area contributed by atoms with Crippen LogP contribution in [0.1, 0.15) is 32.8 Å². The van der Waals surface area contributed by atoms with Crippen LogP contribution in [-0.4, -0.2) is 9.97 Å². The summed E-state index contributed by atoms with van der Waals surface area (Å²) in [5.41, 5.74) is 0.882. The molecule has 0 aromatic carbocycles. The molecule has 1 heterocycles. The first kappa shape index (κ1) is 8.97. The Morgan fingerprint density at radius 3 is 2.67 bits per heavy atom. The molecule has 1 aromatic rings. The zero-order valence-corrected chi connectivity index (χ0v) is 7.72. The fourth-order valence-electron chi connectivity index (χ4n) is 0.916. The monoisotopic (exact) mass is 166 g/mol. The van der Waals surface area contributed by atoms with Crippen LogP contribution < -0.4 is 5.69 Å². The lowest BCUT2D eigenvalue weighted by Crippen LogP contribution is -2.19. The molecule has 0 atom stereocenters. The number of hydrogen-bond acceptors (Lipinski definition) is 2. The van der Waals surface area contributed by atoms with Gasteiger partial charge in [-0.1, -0.05) is 20.8 Å². The van der Waals surface area contributed by atoms with Crippen molar-refractivity contribution in [2.75, 3.05) is 0 Å². The van der Waals surface area contributed by atoms with Crippen molar-refractivity contribution < 1.29 is 0 Å². The van der Waals surface area contributed by atoms with E-state index in [9.17, 15) is 4.79 Å². The number of nitrogens with one attached hydrogen (secondary N) is 1. The third kappa shape index (κ3) is 1.72. The minimum absolute atomic E-state index is 0.0944. The fourth-order valence-corrected chi connectivity index (χ4v) is 0.916. The minimum atomic E-state index is -0.286. The Labute approximate surface area is 71.9 Å². The molecule has 12 heavy (non-hydrogen) atoms. The zero-order valence-electron chi connectivity index (χ0n) is 7.72. The lowest BCUT2D eigenvalue weighted by molar-refractivity contribution is 0.501. The van der Waals surface area contributed by atoms with Crippen LogP contribution in [0.15, 0.2) is 17.2 Å². The van der Waals surface area contributed by atoms with E-state index in [1.807, 2.05) is 0 Å². The third-order valence-electron chi connectivity index (χ3n) is 2.34. The van der Waals surface area contributed by atoms with E-state index >= 15 is 0 Å². The van der Waals surface area contributed by atoms with Gasteiger partial charge < -0.3 is 4.98 Å². The summed E-state index contributed by atoms with van der Waals surface area (Å²) in [6.07, 6.45) is 4.40. The van der Waals surface area contributed by atoms with E-state index in [0.29, 0.717) is 0 Å². The summed E-state index contributed by atoms with van der Waals surface area (Å²) in [6.45, 7) is 6.37. The SMILES string of the molecule is CCC(C)(C)c1cnc(=O)[nH]c1. The first-order valence-electron chi connectivity index (χ1n) is 4.11. The van der Waals surface area contributed by atoms with Gasteiger partial charge in [-0.05, 0) is 17.4 Å². The lowest BCUT2D eigenvalue weighted by atomic mass is 9.84. The molecule has 0 spiro atoms. The maximum absolute atomic E-state index is 10.7. The van der Waals surface area contributed by atoms with E-state index in [-0.39, 0.29) is 11.1 Å². The predicted octanol–water partition coefficient (Wildman–Crippen LogP) is 1.46. The molecule has 0 saturated heterocycles. The van der Waals surface area contributed by atoms with E-state index < -0.39 is 0 Å². The molecule has 66 valence electrons. The molecule has 0 aliphatic rings. The minimum Gasteiger partial charge on any atom is -0.312 e. The van der Waals surface area contributed by atoms with Crippen LogP contribution in [-0.2, 0) is 5.41 Å². The molecule has 0 bridgehead atoms. The molecule has 0 unspecified atom stereocenters. The van der Waals surface area contributed by atoms with Crippen molar-refractivity contribution in [1.29, 1.82) is 0 Å². The second-order valence-corrected chi connectivity index (χ2v) is 3.54. The summed E-state index contributed by atoms with van der Waals surface area (Å²) >= 11 is 0. The van der Waals surface area contributed by atoms with Crippen LogP contribution >= 0.6 is 0 Å². The number of hydrogen-bond donors (Lipinski definition) is 1. The molecule has 1 rings (SSSR count). The highest BCUT2D eigenvalue weighted by Gasteiger charge is 2.17. The van der Waals surface area contributed by atoms with Crippen LogP contribution in [0.5, 0.6) is 0 Å². The summed E-state index contributed by atoms with van der Waals surface area (Å²) in [7, 11) is 0. The Bertz CT molecular complexity index is 294. The van der Waals surface area contributed by atoms with Gasteiger partial charge in [0.2, 0.25) is 0 Å². The fraction of sp³-hybridized carbons (Fsp3) is 0.556. The van der Waals surface area contributed by atoms with Crippen LogP contribution in [0.4, 0.5) is 0 Å². The van der Waals surface area contributed by atoms with Gasteiger partial charge in [0.1, 0.15) is 0 Å². The maximum atomic E-state index is 10.7. The van der Waals surface area contributed by atoms with E-state index in [4.69, 9.17) is 0 Å². The average molecular weight is 166 g/mol. The highest BCUT2D eigenvalue weighted by atomic mass is 16.1. The number of aromatic nitrogens is 2. The smallest absolute Gasteiger partial charge is 0.312 e. The Balaban J connectivity index is 3.04. The standard InChI is InChI=1S/C9H14N2O/c1-4-9(2,3)7-5-10-8(12)11-6-7/h5-6H,4H2,1-3H3,(H,10,11,12). The second-order valence-electron chi connectivity index (χ2n) is 3.54. The zero-order chi connectivity index (χ0) is 9.19. The molecule has 0 saturated carbocycles. The summed E-state index contributed by atoms with van der Waals surface area (Å²) in [5, 5.41) is 0. The van der Waals surface area contributed by atoms with Crippen molar-refractivity contribution in [2.45, 2.75) is 32.6 Å². The molecule has 0 fully saturated rings. The third-order valence-corrected chi connectivity index (χ3v) is 2.34. The Morgan fingerprint density at radius 1 is 1.58 bits per heavy atom. The molecule has 0 radical (unpaired) electrons. The molecule has 0 aliphatic carbocycles. The van der Waals surface area contributed by atoms with Crippen LogP contribution in [0.25, 0.3) is 0 Å². The van der Waals surface area contributed by atoms with E-state index in [2.05, 4.69) is 30.7 Å². The van der Waals surface area contributed by atoms with Crippen LogP contribution in [0, 0.1) is 0 Å². The van der Waals surface area contributed by atoms with Gasteiger partial charge in [-0.25, -0.2) is 9.78 Å². The van der Waals surface area contributed by atoms with E-state index in [1.54, 1.807) is 12.4 Å². The first-order valence-corrected chi connectivity index (χ1v) is 4.11. The van der Waals surface area contributed by atoms with Gasteiger partial charge in [-0.2, -0.15) is 0 Å². The van der Waals surface area contributed by atoms with Gasteiger partial charge in [0.15, 0.2) is 0 Å². The summed E-state index contributed by atoms with van der Waals surface area (Å²) in [4.78, 5) is 16.9. The van der Waals surface area contributed by atoms with Crippen LogP contribution in [0.2, 0.25) is 0 Å². The molecule has 1 N–H and O–H groups in total. The summed E-state index contributed by atoms with van der Waals surface area (Å²) < 4.78 is 0. The highest BCUT2D eigenvalue weighted by molar-refractivity contribution is 5.15. The molecule has 0 aliphatic heterocycles. The predicted molar refractivity (Wildman–Crippen MR) is 48.2 cm³/mol. The Hall–Kier alpha value is -1.12. The molecule has 3 heteroatoms. The molecule has 0 amide bonds. The molecular weight excluding hydrogens is 152 g/mol. The average Bonchev–Trinajstić information content (AvgIpc) is 2.05. The van der Waals surface area contributed by atoms with Crippen molar-refractivity contribution in [3.63, 3.8) is 0 Å². The number of aromatic amines is 1. The quantitative estimate of drug-likeness (QED) is 0.722. The normalized spacial score (nSPS) is 11.6. The number of rotatable bonds is 2. The number of nitrogens with zero attached hydrogens (tertiary/aromatic N) is 1. The van der Waals surface area contributed by atoms with Gasteiger partial charge >= 0.3 is 5.69 Å². The van der Waals surface area contributed by atoms with Crippen LogP contribution in [0.3, 0.4) is 0 Å². The molecule has 3 nitrogen and oxygen atoms in total. The van der Waals surface area contributed by atoms with Crippen molar-refractivity contribution >= 4 is 0 Å². The Kier molecular flexibility index (Phi) is 2.31. The first-order chi connectivity index (χ1) is 5.56. The van der Waals surface area contributed by atoms with Gasteiger partial charge in [-0.15, -0.1) is 0 Å². The maximum Gasteiger partial charge on any atom is 0.344 e. The number of H-pyrrole nitrogens is 1. The van der Waals surface area contributed by atoms with Crippen molar-refractivity contribution in [3.8, 4) is 0 Å². The highest BCUT2D eigenvalue weighted by Crippen LogP contribution is 2.24. The summed E-state index contributed by atoms with van der Waals surface area (Å²) in [5.74, 6) is 0. The van der Waals surface area contributed by atoms with Gasteiger partial charge in [0, 0.05) is 12.4 Å². The van der Waals surface area contributed by atoms with Gasteiger partial charge in [-0.3, -0.25) is 0 Å². The van der Waals surface area contributed by atoms with Crippen molar-refractivity contribution in [3.05, 3.63) is 28.4 Å². The Morgan fingerprint density at radius 2 is 2.25 bits per heavy atom.